The highest BCUT2D eigenvalue weighted by molar-refractivity contribution is 5.40. The summed E-state index contributed by atoms with van der Waals surface area (Å²) in [5, 5.41) is 3.62. The van der Waals surface area contributed by atoms with Gasteiger partial charge in [0.1, 0.15) is 5.75 Å². The van der Waals surface area contributed by atoms with Gasteiger partial charge in [0.2, 0.25) is 0 Å². The lowest BCUT2D eigenvalue weighted by Crippen LogP contribution is -2.21. The monoisotopic (exact) mass is 282 g/mol. The molecule has 1 aliphatic heterocycles. The Morgan fingerprint density at radius 1 is 1.29 bits per heavy atom. The molecule has 1 aromatic carbocycles. The van der Waals surface area contributed by atoms with Crippen LogP contribution in [0, 0.1) is 6.92 Å². The van der Waals surface area contributed by atoms with Crippen molar-refractivity contribution in [1.82, 2.24) is 10.3 Å². The van der Waals surface area contributed by atoms with Gasteiger partial charge in [0.05, 0.1) is 12.3 Å². The first kappa shape index (κ1) is 14.1. The van der Waals surface area contributed by atoms with Crippen molar-refractivity contribution in [3.63, 3.8) is 0 Å². The number of benzene rings is 1. The second-order valence-electron chi connectivity index (χ2n) is 5.58. The van der Waals surface area contributed by atoms with Crippen LogP contribution in [0.3, 0.4) is 0 Å². The summed E-state index contributed by atoms with van der Waals surface area (Å²) < 4.78 is 5.58. The molecule has 0 saturated carbocycles. The minimum absolute atomic E-state index is 0.359. The summed E-state index contributed by atoms with van der Waals surface area (Å²) in [6, 6.07) is 13.1. The number of nitrogens with one attached hydrogen (secondary N) is 1. The molecular formula is C18H22N2O. The molecule has 0 saturated heterocycles. The molecule has 1 N–H and O–H groups in total. The van der Waals surface area contributed by atoms with E-state index >= 15 is 0 Å². The molecule has 3 heteroatoms. The van der Waals surface area contributed by atoms with Crippen LogP contribution < -0.4 is 10.1 Å². The van der Waals surface area contributed by atoms with Gasteiger partial charge in [-0.1, -0.05) is 25.1 Å². The molecule has 2 heterocycles. The number of nitrogens with zero attached hydrogens (tertiary/aromatic N) is 1. The van der Waals surface area contributed by atoms with Crippen LogP contribution >= 0.6 is 0 Å². The van der Waals surface area contributed by atoms with Crippen molar-refractivity contribution in [3.8, 4) is 5.75 Å². The van der Waals surface area contributed by atoms with Crippen LogP contribution in [0.1, 0.15) is 41.9 Å². The molecule has 0 amide bonds. The molecule has 21 heavy (non-hydrogen) atoms. The third-order valence-corrected chi connectivity index (χ3v) is 4.00. The maximum Gasteiger partial charge on any atom is 0.122 e. The number of hydrogen-bond acceptors (Lipinski definition) is 3. The molecule has 3 nitrogen and oxygen atoms in total. The number of hydrogen-bond donors (Lipinski definition) is 1. The Bertz CT molecular complexity index is 624. The molecule has 0 radical (unpaired) electrons. The topological polar surface area (TPSA) is 34.2 Å². The smallest absolute Gasteiger partial charge is 0.122 e. The van der Waals surface area contributed by atoms with Gasteiger partial charge in [-0.25, -0.2) is 0 Å². The van der Waals surface area contributed by atoms with Gasteiger partial charge in [0.15, 0.2) is 0 Å². The van der Waals surface area contributed by atoms with Crippen molar-refractivity contribution < 1.29 is 4.74 Å². The highest BCUT2D eigenvalue weighted by Gasteiger charge is 2.15. The molecule has 2 aromatic rings. The third-order valence-electron chi connectivity index (χ3n) is 4.00. The summed E-state index contributed by atoms with van der Waals surface area (Å²) in [7, 11) is 0. The van der Waals surface area contributed by atoms with Gasteiger partial charge >= 0.3 is 0 Å². The van der Waals surface area contributed by atoms with Crippen molar-refractivity contribution >= 4 is 0 Å². The first-order valence-corrected chi connectivity index (χ1v) is 7.68. The van der Waals surface area contributed by atoms with Crippen LogP contribution in [0.15, 0.2) is 36.4 Å². The molecule has 3 rings (SSSR count). The summed E-state index contributed by atoms with van der Waals surface area (Å²) in [5.41, 5.74) is 4.84. The van der Waals surface area contributed by atoms with Gasteiger partial charge in [-0.3, -0.25) is 4.98 Å². The summed E-state index contributed by atoms with van der Waals surface area (Å²) in [4.78, 5) is 4.55. The second-order valence-corrected chi connectivity index (χ2v) is 5.58. The first-order valence-electron chi connectivity index (χ1n) is 7.68. The molecule has 1 unspecified atom stereocenters. The van der Waals surface area contributed by atoms with Crippen LogP contribution in [-0.2, 0) is 13.0 Å². The summed E-state index contributed by atoms with van der Waals surface area (Å²) in [6.45, 7) is 5.86. The largest absolute Gasteiger partial charge is 0.493 e. The Balaban J connectivity index is 1.70. The van der Waals surface area contributed by atoms with Gasteiger partial charge in [-0.15, -0.1) is 0 Å². The van der Waals surface area contributed by atoms with Gasteiger partial charge in [0.25, 0.3) is 0 Å². The van der Waals surface area contributed by atoms with E-state index in [1.165, 1.54) is 11.1 Å². The molecular weight excluding hydrogens is 260 g/mol. The summed E-state index contributed by atoms with van der Waals surface area (Å²) in [5.74, 6) is 1.05. The van der Waals surface area contributed by atoms with E-state index in [-0.39, 0.29) is 0 Å². The average Bonchev–Trinajstić information content (AvgIpc) is 2.95. The predicted octanol–water partition coefficient (Wildman–Crippen LogP) is 3.57. The molecule has 1 aromatic heterocycles. The zero-order valence-electron chi connectivity index (χ0n) is 12.7. The first-order chi connectivity index (χ1) is 10.3. The van der Waals surface area contributed by atoms with Gasteiger partial charge in [0, 0.05) is 24.7 Å². The van der Waals surface area contributed by atoms with Crippen molar-refractivity contribution in [2.75, 3.05) is 6.61 Å². The van der Waals surface area contributed by atoms with Gasteiger partial charge in [-0.2, -0.15) is 0 Å². The maximum atomic E-state index is 5.58. The number of aryl methyl sites for hydroxylation is 1. The number of fused-ring (bicyclic) bond motifs is 1. The van der Waals surface area contributed by atoms with E-state index in [2.05, 4.69) is 47.6 Å². The van der Waals surface area contributed by atoms with E-state index in [9.17, 15) is 0 Å². The van der Waals surface area contributed by atoms with Crippen molar-refractivity contribution in [3.05, 3.63) is 58.9 Å². The van der Waals surface area contributed by atoms with Crippen LogP contribution in [0.25, 0.3) is 0 Å². The van der Waals surface area contributed by atoms with E-state index < -0.39 is 0 Å². The number of ether oxygens (including phenoxy) is 1. The van der Waals surface area contributed by atoms with E-state index in [0.29, 0.717) is 6.04 Å². The van der Waals surface area contributed by atoms with Gasteiger partial charge < -0.3 is 10.1 Å². The fourth-order valence-corrected chi connectivity index (χ4v) is 2.85. The van der Waals surface area contributed by atoms with Crippen molar-refractivity contribution in [2.45, 2.75) is 39.3 Å². The lowest BCUT2D eigenvalue weighted by atomic mass is 10.0. The molecule has 110 valence electrons. The normalized spacial score (nSPS) is 14.6. The highest BCUT2D eigenvalue weighted by Crippen LogP contribution is 2.29. The zero-order chi connectivity index (χ0) is 14.7. The Hall–Kier alpha value is -1.87. The quantitative estimate of drug-likeness (QED) is 0.910. The Morgan fingerprint density at radius 3 is 3.00 bits per heavy atom. The average molecular weight is 282 g/mol. The fourth-order valence-electron chi connectivity index (χ4n) is 2.85. The number of aromatic nitrogens is 1. The van der Waals surface area contributed by atoms with E-state index in [1.807, 2.05) is 13.0 Å². The lowest BCUT2D eigenvalue weighted by molar-refractivity contribution is 0.356. The Kier molecular flexibility index (Phi) is 4.20. The molecule has 0 bridgehead atoms. The van der Waals surface area contributed by atoms with Crippen molar-refractivity contribution in [2.24, 2.45) is 0 Å². The Labute approximate surface area is 126 Å². The minimum atomic E-state index is 0.359. The van der Waals surface area contributed by atoms with Crippen LogP contribution in [0.4, 0.5) is 0 Å². The molecule has 0 spiro atoms. The standard InChI is InChI=1S/C18H22N2O/c1-3-17(19-12-16-6-4-5-13(2)20-16)14-7-8-18-15(11-14)9-10-21-18/h4-8,11,17,19H,3,9-10,12H2,1-2H3. The molecule has 1 atom stereocenters. The van der Waals surface area contributed by atoms with Crippen LogP contribution in [0.2, 0.25) is 0 Å². The van der Waals surface area contributed by atoms with Gasteiger partial charge in [-0.05, 0) is 42.7 Å². The SMILES string of the molecule is CCC(NCc1cccc(C)n1)c1ccc2c(c1)CCO2. The fraction of sp³-hybridized carbons (Fsp3) is 0.389. The maximum absolute atomic E-state index is 5.58. The van der Waals surface area contributed by atoms with E-state index in [1.54, 1.807) is 0 Å². The predicted molar refractivity (Wildman–Crippen MR) is 84.5 cm³/mol. The minimum Gasteiger partial charge on any atom is -0.493 e. The molecule has 1 aliphatic rings. The highest BCUT2D eigenvalue weighted by atomic mass is 16.5. The number of rotatable bonds is 5. The second kappa shape index (κ2) is 6.27. The molecule has 0 fully saturated rings. The van der Waals surface area contributed by atoms with Crippen LogP contribution in [-0.4, -0.2) is 11.6 Å². The number of pyridine rings is 1. The third kappa shape index (κ3) is 3.24. The van der Waals surface area contributed by atoms with Crippen LogP contribution in [0.5, 0.6) is 5.75 Å². The van der Waals surface area contributed by atoms with Crippen molar-refractivity contribution in [1.29, 1.82) is 0 Å². The van der Waals surface area contributed by atoms with E-state index in [0.717, 1.165) is 43.1 Å². The zero-order valence-corrected chi connectivity index (χ0v) is 12.7. The van der Waals surface area contributed by atoms with E-state index in [4.69, 9.17) is 4.74 Å². The Morgan fingerprint density at radius 2 is 2.19 bits per heavy atom. The summed E-state index contributed by atoms with van der Waals surface area (Å²) >= 11 is 0. The molecule has 0 aliphatic carbocycles. The lowest BCUT2D eigenvalue weighted by Gasteiger charge is -2.18. The summed E-state index contributed by atoms with van der Waals surface area (Å²) in [6.07, 6.45) is 2.09.